The van der Waals surface area contributed by atoms with Gasteiger partial charge in [0, 0.05) is 31.2 Å². The second kappa shape index (κ2) is 21.6. The summed E-state index contributed by atoms with van der Waals surface area (Å²) in [5.74, 6) is 8.57. The number of ether oxygens (including phenoxy) is 2. The molecule has 0 saturated heterocycles. The Morgan fingerprint density at radius 2 is 1.01 bits per heavy atom. The van der Waals surface area contributed by atoms with Crippen molar-refractivity contribution >= 4 is 24.7 Å². The maximum absolute atomic E-state index is 15.0. The number of nitrogens with zero attached hydrogens (tertiary/aromatic N) is 6. The molecule has 2 aromatic heterocycles. The van der Waals surface area contributed by atoms with E-state index < -0.39 is 7.44 Å². The molecule has 8 aliphatic rings. The standard InChI is InChI=1S/C62H95N8O5P/c1-40(14-24-57(71)74-7)51-20-22-53-49-18-16-42-34-46(26-30-59(42,3)55(49)28-32-61(51,53)5)69-38-44(65-67-69)36-63-76(73,48-12-10-9-11-13-48)64-37-45-39-70(68-66-45)47-27-31-60(4)43(35-47)17-19-50-54-23-21-52(41(2)15-25-58(72)75-8)62(54,6)33-29-56(50)60/h9-13,38-43,46-47,49-56H,14-37H2,1-8H3,(H2,63,64,73)/t40-,41-,42-,43-,46?,47?,49+,50+,51-,52-,53+,54+,55+,56+,59+,60+,61-,62-,76?/m1/s1. The number of fused-ring (bicyclic) bond motifs is 10. The molecule has 13 nitrogen and oxygen atoms in total. The van der Waals surface area contributed by atoms with Gasteiger partial charge in [0.15, 0.2) is 0 Å². The lowest BCUT2D eigenvalue weighted by atomic mass is 9.44. The number of benzene rings is 1. The fourth-order valence-corrected chi connectivity index (χ4v) is 22.4. The maximum Gasteiger partial charge on any atom is 0.305 e. The van der Waals surface area contributed by atoms with E-state index in [0.717, 1.165) is 90.7 Å². The van der Waals surface area contributed by atoms with E-state index in [1.54, 1.807) is 0 Å². The third kappa shape index (κ3) is 9.82. The van der Waals surface area contributed by atoms with Crippen molar-refractivity contribution in [3.63, 3.8) is 0 Å². The number of methoxy groups -OCH3 is 2. The predicted octanol–water partition coefficient (Wildman–Crippen LogP) is 12.8. The second-order valence-corrected chi connectivity index (χ2v) is 30.2. The third-order valence-electron chi connectivity index (χ3n) is 24.8. The van der Waals surface area contributed by atoms with Gasteiger partial charge in [-0.25, -0.2) is 19.5 Å². The first-order valence-corrected chi connectivity index (χ1v) is 32.3. The summed E-state index contributed by atoms with van der Waals surface area (Å²) < 4.78 is 29.3. The minimum absolute atomic E-state index is 0.0715. The number of nitrogens with one attached hydrogen (secondary N) is 2. The van der Waals surface area contributed by atoms with Crippen LogP contribution < -0.4 is 15.5 Å². The lowest BCUT2D eigenvalue weighted by Crippen LogP contribution is -2.53. The normalized spacial score (nSPS) is 40.2. The van der Waals surface area contributed by atoms with Crippen LogP contribution >= 0.6 is 7.44 Å². The average molecular weight is 1060 g/mol. The molecule has 1 aromatic carbocycles. The molecule has 0 spiro atoms. The highest BCUT2D eigenvalue weighted by Gasteiger charge is 2.62. The summed E-state index contributed by atoms with van der Waals surface area (Å²) in [6, 6.07) is 10.4. The topological polar surface area (TPSA) is 155 Å². The van der Waals surface area contributed by atoms with Crippen molar-refractivity contribution < 1.29 is 23.6 Å². The van der Waals surface area contributed by atoms with Crippen LogP contribution in [0.5, 0.6) is 0 Å². The number of carbonyl (C=O) groups is 2. The molecule has 2 heterocycles. The monoisotopic (exact) mass is 1060 g/mol. The van der Waals surface area contributed by atoms with E-state index in [9.17, 15) is 9.59 Å². The second-order valence-electron chi connectivity index (χ2n) is 27.8. The lowest BCUT2D eigenvalue weighted by molar-refractivity contribution is -0.142. The zero-order valence-corrected chi connectivity index (χ0v) is 48.7. The van der Waals surface area contributed by atoms with Gasteiger partial charge in [0.1, 0.15) is 0 Å². The highest BCUT2D eigenvalue weighted by atomic mass is 31.2. The zero-order chi connectivity index (χ0) is 53.2. The van der Waals surface area contributed by atoms with Crippen LogP contribution in [0.15, 0.2) is 42.7 Å². The quantitative estimate of drug-likeness (QED) is 0.0980. The van der Waals surface area contributed by atoms with Gasteiger partial charge in [0.2, 0.25) is 7.44 Å². The largest absolute Gasteiger partial charge is 0.469 e. The SMILES string of the molecule is COC(=O)CC[C@@H](C)[C@H]1CC[C@H]2[C@@H]3CC[C@@H]4CC(n5cc(CNP(=O)(NCc6cn(C7CC[C@@]8(C)[C@H](CC[C@@H]9[C@@H]8CC[C@]8(C)[C@@H]([C@H](C)CCC(=O)OC)CC[C@@H]98)C7)nn6)c6ccccc6)nn5)CC[C@]4(C)[C@H]3CC[C@]12C. The van der Waals surface area contributed by atoms with Gasteiger partial charge in [-0.05, 0) is 233 Å². The van der Waals surface area contributed by atoms with Gasteiger partial charge >= 0.3 is 11.9 Å². The third-order valence-corrected chi connectivity index (χ3v) is 27.0. The summed E-state index contributed by atoms with van der Waals surface area (Å²) in [6.45, 7) is 16.0. The number of rotatable bonds is 17. The molecule has 2 unspecified atom stereocenters. The van der Waals surface area contributed by atoms with Crippen molar-refractivity contribution in [2.45, 2.75) is 208 Å². The van der Waals surface area contributed by atoms with Crippen LogP contribution in [0.2, 0.25) is 0 Å². The molecule has 76 heavy (non-hydrogen) atoms. The van der Waals surface area contributed by atoms with E-state index in [-0.39, 0.29) is 11.9 Å². The Bertz CT molecular complexity index is 2420. The molecule has 0 bridgehead atoms. The first kappa shape index (κ1) is 54.5. The van der Waals surface area contributed by atoms with Crippen LogP contribution in [0.4, 0.5) is 0 Å². The predicted molar refractivity (Wildman–Crippen MR) is 297 cm³/mol. The Labute approximate surface area is 455 Å². The summed E-state index contributed by atoms with van der Waals surface area (Å²) in [7, 11) is -0.266. The van der Waals surface area contributed by atoms with Crippen molar-refractivity contribution in [2.24, 2.45) is 92.7 Å². The van der Waals surface area contributed by atoms with Crippen LogP contribution in [0.3, 0.4) is 0 Å². The molecule has 8 fully saturated rings. The Morgan fingerprint density at radius 3 is 1.45 bits per heavy atom. The summed E-state index contributed by atoms with van der Waals surface area (Å²) in [5.41, 5.74) is 3.11. The van der Waals surface area contributed by atoms with E-state index in [1.807, 2.05) is 30.3 Å². The molecule has 0 aliphatic heterocycles. The smallest absolute Gasteiger partial charge is 0.305 e. The van der Waals surface area contributed by atoms with Gasteiger partial charge in [0.25, 0.3) is 0 Å². The molecule has 418 valence electrons. The fraction of sp³-hybridized carbons (Fsp3) is 0.806. The van der Waals surface area contributed by atoms with E-state index in [0.29, 0.717) is 95.2 Å². The lowest BCUT2D eigenvalue weighted by Gasteiger charge is -2.61. The van der Waals surface area contributed by atoms with Gasteiger partial charge < -0.3 is 9.47 Å². The van der Waals surface area contributed by atoms with Crippen LogP contribution in [0.25, 0.3) is 0 Å². The number of aromatic nitrogens is 6. The molecule has 18 atom stereocenters. The van der Waals surface area contributed by atoms with Crippen LogP contribution in [0, 0.1) is 92.7 Å². The van der Waals surface area contributed by atoms with Gasteiger partial charge in [-0.2, -0.15) is 0 Å². The van der Waals surface area contributed by atoms with Gasteiger partial charge in [0.05, 0.1) is 50.1 Å². The van der Waals surface area contributed by atoms with Crippen molar-refractivity contribution in [1.82, 2.24) is 40.2 Å². The molecule has 8 saturated carbocycles. The molecule has 0 radical (unpaired) electrons. The number of hydrogen-bond acceptors (Lipinski definition) is 9. The molecule has 2 N–H and O–H groups in total. The fourth-order valence-electron chi connectivity index (χ4n) is 20.6. The van der Waals surface area contributed by atoms with Crippen molar-refractivity contribution in [3.8, 4) is 0 Å². The van der Waals surface area contributed by atoms with Crippen molar-refractivity contribution in [2.75, 3.05) is 14.2 Å². The minimum Gasteiger partial charge on any atom is -0.469 e. The Kier molecular flexibility index (Phi) is 15.5. The van der Waals surface area contributed by atoms with Gasteiger partial charge in [-0.15, -0.1) is 10.2 Å². The number of hydrogen-bond donors (Lipinski definition) is 2. The van der Waals surface area contributed by atoms with E-state index >= 15 is 4.57 Å². The summed E-state index contributed by atoms with van der Waals surface area (Å²) >= 11 is 0. The highest BCUT2D eigenvalue weighted by molar-refractivity contribution is 7.67. The first-order valence-electron chi connectivity index (χ1n) is 30.6. The zero-order valence-electron chi connectivity index (χ0n) is 47.8. The van der Waals surface area contributed by atoms with Crippen LogP contribution in [-0.4, -0.2) is 56.1 Å². The van der Waals surface area contributed by atoms with Crippen LogP contribution in [-0.2, 0) is 36.7 Å². The molecule has 8 aliphatic carbocycles. The molecule has 0 amide bonds. The molecular formula is C62H95N8O5P. The average Bonchev–Trinajstić information content (AvgIpc) is 4.27. The van der Waals surface area contributed by atoms with E-state index in [2.05, 4.69) is 83.7 Å². The molecular weight excluding hydrogens is 968 g/mol. The van der Waals surface area contributed by atoms with Crippen molar-refractivity contribution in [3.05, 3.63) is 54.1 Å². The summed E-state index contributed by atoms with van der Waals surface area (Å²) in [4.78, 5) is 24.1. The van der Waals surface area contributed by atoms with Gasteiger partial charge in [-0.1, -0.05) is 70.2 Å². The van der Waals surface area contributed by atoms with Gasteiger partial charge in [-0.3, -0.25) is 14.2 Å². The summed E-state index contributed by atoms with van der Waals surface area (Å²) in [5, 5.41) is 26.5. The van der Waals surface area contributed by atoms with E-state index in [1.165, 1.54) is 104 Å². The number of carbonyl (C=O) groups excluding carboxylic acids is 2. The maximum atomic E-state index is 15.0. The summed E-state index contributed by atoms with van der Waals surface area (Å²) in [6.07, 6.45) is 30.2. The molecule has 14 heteroatoms. The minimum atomic E-state index is -3.29. The first-order chi connectivity index (χ1) is 36.5. The highest BCUT2D eigenvalue weighted by Crippen LogP contribution is 2.71. The Hall–Kier alpha value is -3.41. The Morgan fingerprint density at radius 1 is 0.592 bits per heavy atom. The Balaban J connectivity index is 0.681. The molecule has 3 aromatic rings. The van der Waals surface area contributed by atoms with Crippen molar-refractivity contribution in [1.29, 1.82) is 0 Å². The molecule has 11 rings (SSSR count). The van der Waals surface area contributed by atoms with E-state index in [4.69, 9.17) is 19.9 Å². The van der Waals surface area contributed by atoms with Crippen LogP contribution in [0.1, 0.15) is 206 Å². The number of esters is 2.